The highest BCUT2D eigenvalue weighted by Crippen LogP contribution is 2.37. The van der Waals surface area contributed by atoms with Gasteiger partial charge in [0.25, 0.3) is 11.8 Å². The van der Waals surface area contributed by atoms with E-state index < -0.39 is 5.67 Å². The van der Waals surface area contributed by atoms with Crippen molar-refractivity contribution >= 4 is 17.2 Å². The van der Waals surface area contributed by atoms with Gasteiger partial charge in [-0.15, -0.1) is 11.3 Å². The number of likely N-dealkylation sites (tertiary alicyclic amines) is 1. The number of aryl methyl sites for hydroxylation is 1. The molecule has 1 amide bonds. The average molecular weight is 388 g/mol. The Balaban J connectivity index is 1.53. The fourth-order valence-corrected chi connectivity index (χ4v) is 3.80. The van der Waals surface area contributed by atoms with E-state index in [9.17, 15) is 4.79 Å². The number of carbonyl (C=O) groups excluding carboxylic acids is 1. The van der Waals surface area contributed by atoms with Gasteiger partial charge < -0.3 is 14.2 Å². The second kappa shape index (κ2) is 6.73. The summed E-state index contributed by atoms with van der Waals surface area (Å²) in [7, 11) is 1.58. The van der Waals surface area contributed by atoms with E-state index in [2.05, 4.69) is 15.1 Å². The van der Waals surface area contributed by atoms with Gasteiger partial charge in [0.2, 0.25) is 11.5 Å². The molecular formula is C18H17FN4O3S. The van der Waals surface area contributed by atoms with Crippen molar-refractivity contribution in [2.75, 3.05) is 20.2 Å². The molecule has 0 bridgehead atoms. The number of ether oxygens (including phenoxy) is 1. The SMILES string of the molecule is COc1ccc(-c2noc(C3(F)CCN(C(=O)c4scnc4C)C3)n2)cc1. The predicted molar refractivity (Wildman–Crippen MR) is 96.4 cm³/mol. The zero-order valence-corrected chi connectivity index (χ0v) is 15.6. The monoisotopic (exact) mass is 388 g/mol. The number of amides is 1. The maximum atomic E-state index is 15.4. The summed E-state index contributed by atoms with van der Waals surface area (Å²) in [5, 5.41) is 3.89. The average Bonchev–Trinajstić information content (AvgIpc) is 3.41. The summed E-state index contributed by atoms with van der Waals surface area (Å²) in [6.45, 7) is 1.93. The van der Waals surface area contributed by atoms with Crippen LogP contribution >= 0.6 is 11.3 Å². The van der Waals surface area contributed by atoms with Crippen molar-refractivity contribution in [2.45, 2.75) is 19.0 Å². The van der Waals surface area contributed by atoms with E-state index in [-0.39, 0.29) is 31.3 Å². The maximum absolute atomic E-state index is 15.4. The van der Waals surface area contributed by atoms with E-state index in [0.717, 1.165) is 0 Å². The van der Waals surface area contributed by atoms with Crippen LogP contribution in [0.3, 0.4) is 0 Å². The molecule has 0 radical (unpaired) electrons. The molecule has 3 aromatic rings. The molecule has 1 saturated heterocycles. The summed E-state index contributed by atoms with van der Waals surface area (Å²) in [6.07, 6.45) is 0.112. The van der Waals surface area contributed by atoms with Crippen LogP contribution in [-0.4, -0.2) is 46.1 Å². The zero-order chi connectivity index (χ0) is 19.0. The standard InChI is InChI=1S/C18H17FN4O3S/c1-11-14(27-10-20-11)16(24)23-8-7-18(19,9-23)17-21-15(22-26-17)12-3-5-13(25-2)6-4-12/h3-6,10H,7-9H2,1-2H3. The number of carbonyl (C=O) groups is 1. The van der Waals surface area contributed by atoms with Gasteiger partial charge in [0.1, 0.15) is 10.6 Å². The van der Waals surface area contributed by atoms with Crippen molar-refractivity contribution in [3.05, 3.63) is 46.2 Å². The Morgan fingerprint density at radius 1 is 1.37 bits per heavy atom. The first-order valence-corrected chi connectivity index (χ1v) is 9.25. The summed E-state index contributed by atoms with van der Waals surface area (Å²) in [4.78, 5) is 22.9. The summed E-state index contributed by atoms with van der Waals surface area (Å²) in [5.74, 6) is 0.676. The van der Waals surface area contributed by atoms with Crippen LogP contribution in [0.5, 0.6) is 5.75 Å². The highest BCUT2D eigenvalue weighted by Gasteiger charge is 2.47. The van der Waals surface area contributed by atoms with Crippen LogP contribution in [0.1, 0.15) is 27.7 Å². The molecule has 140 valence electrons. The third kappa shape index (κ3) is 3.18. The van der Waals surface area contributed by atoms with Crippen LogP contribution in [0.25, 0.3) is 11.4 Å². The fraction of sp³-hybridized carbons (Fsp3) is 0.333. The highest BCUT2D eigenvalue weighted by atomic mass is 32.1. The largest absolute Gasteiger partial charge is 0.497 e. The lowest BCUT2D eigenvalue weighted by Gasteiger charge is -2.17. The number of alkyl halides is 1. The van der Waals surface area contributed by atoms with Crippen molar-refractivity contribution in [1.29, 1.82) is 0 Å². The summed E-state index contributed by atoms with van der Waals surface area (Å²) in [5.41, 5.74) is 1.11. The minimum absolute atomic E-state index is 0.107. The topological polar surface area (TPSA) is 81.4 Å². The van der Waals surface area contributed by atoms with Gasteiger partial charge in [0.15, 0.2) is 0 Å². The molecule has 1 unspecified atom stereocenters. The summed E-state index contributed by atoms with van der Waals surface area (Å²) >= 11 is 1.26. The van der Waals surface area contributed by atoms with E-state index in [1.54, 1.807) is 43.8 Å². The molecule has 27 heavy (non-hydrogen) atoms. The van der Waals surface area contributed by atoms with Gasteiger partial charge in [0, 0.05) is 18.5 Å². The van der Waals surface area contributed by atoms with E-state index >= 15 is 4.39 Å². The predicted octanol–water partition coefficient (Wildman–Crippen LogP) is 3.22. The van der Waals surface area contributed by atoms with Gasteiger partial charge in [-0.1, -0.05) is 5.16 Å². The summed E-state index contributed by atoms with van der Waals surface area (Å²) in [6, 6.07) is 7.08. The number of thiazole rings is 1. The number of benzene rings is 1. The quantitative estimate of drug-likeness (QED) is 0.683. The second-order valence-electron chi connectivity index (χ2n) is 6.36. The Morgan fingerprint density at radius 3 is 2.81 bits per heavy atom. The molecule has 4 rings (SSSR count). The Labute approximate surface area is 158 Å². The lowest BCUT2D eigenvalue weighted by Crippen LogP contribution is -2.32. The molecule has 0 aliphatic carbocycles. The third-order valence-electron chi connectivity index (χ3n) is 4.60. The summed E-state index contributed by atoms with van der Waals surface area (Å²) < 4.78 is 25.7. The Bertz CT molecular complexity index is 971. The highest BCUT2D eigenvalue weighted by molar-refractivity contribution is 7.11. The van der Waals surface area contributed by atoms with Crippen molar-refractivity contribution in [2.24, 2.45) is 0 Å². The van der Waals surface area contributed by atoms with Crippen molar-refractivity contribution in [3.8, 4) is 17.1 Å². The van der Waals surface area contributed by atoms with Crippen molar-refractivity contribution in [1.82, 2.24) is 20.0 Å². The molecule has 2 aromatic heterocycles. The van der Waals surface area contributed by atoms with Gasteiger partial charge in [-0.2, -0.15) is 4.98 Å². The van der Waals surface area contributed by atoms with Crippen LogP contribution in [0.15, 0.2) is 34.3 Å². The molecule has 0 saturated carbocycles. The van der Waals surface area contributed by atoms with Gasteiger partial charge >= 0.3 is 0 Å². The Kier molecular flexibility index (Phi) is 4.39. The van der Waals surface area contributed by atoms with Crippen molar-refractivity contribution in [3.63, 3.8) is 0 Å². The number of nitrogens with zero attached hydrogens (tertiary/aromatic N) is 4. The van der Waals surface area contributed by atoms with Gasteiger partial charge in [0.05, 0.1) is 24.9 Å². The van der Waals surface area contributed by atoms with Crippen LogP contribution in [0, 0.1) is 6.92 Å². The first kappa shape index (κ1) is 17.6. The Hall–Kier alpha value is -2.81. The second-order valence-corrected chi connectivity index (χ2v) is 7.22. The van der Waals surface area contributed by atoms with E-state index in [1.807, 2.05) is 0 Å². The number of methoxy groups -OCH3 is 1. The maximum Gasteiger partial charge on any atom is 0.266 e. The van der Waals surface area contributed by atoms with Crippen LogP contribution in [0.2, 0.25) is 0 Å². The molecule has 1 fully saturated rings. The molecule has 0 N–H and O–H groups in total. The molecule has 9 heteroatoms. The molecule has 0 spiro atoms. The van der Waals surface area contributed by atoms with E-state index in [1.165, 1.54) is 16.2 Å². The van der Waals surface area contributed by atoms with Crippen LogP contribution < -0.4 is 4.74 Å². The molecule has 1 atom stereocenters. The molecular weight excluding hydrogens is 371 g/mol. The fourth-order valence-electron chi connectivity index (χ4n) is 3.03. The normalized spacial score (nSPS) is 19.4. The first-order chi connectivity index (χ1) is 13.0. The van der Waals surface area contributed by atoms with Gasteiger partial charge in [-0.25, -0.2) is 9.37 Å². The van der Waals surface area contributed by atoms with Crippen LogP contribution in [-0.2, 0) is 5.67 Å². The lowest BCUT2D eigenvalue weighted by molar-refractivity contribution is 0.0720. The van der Waals surface area contributed by atoms with Gasteiger partial charge in [-0.05, 0) is 31.2 Å². The number of aromatic nitrogens is 3. The molecule has 1 aromatic carbocycles. The minimum atomic E-state index is -1.86. The number of hydrogen-bond donors (Lipinski definition) is 0. The molecule has 3 heterocycles. The van der Waals surface area contributed by atoms with Gasteiger partial charge in [-0.3, -0.25) is 4.79 Å². The number of hydrogen-bond acceptors (Lipinski definition) is 7. The first-order valence-electron chi connectivity index (χ1n) is 8.37. The lowest BCUT2D eigenvalue weighted by atomic mass is 10.1. The Morgan fingerprint density at radius 2 is 2.15 bits per heavy atom. The van der Waals surface area contributed by atoms with E-state index in [0.29, 0.717) is 27.7 Å². The number of rotatable bonds is 4. The third-order valence-corrected chi connectivity index (χ3v) is 5.52. The molecule has 1 aliphatic rings. The molecule has 7 nitrogen and oxygen atoms in total. The van der Waals surface area contributed by atoms with Crippen molar-refractivity contribution < 1.29 is 18.4 Å². The zero-order valence-electron chi connectivity index (χ0n) is 14.8. The molecule has 1 aliphatic heterocycles. The van der Waals surface area contributed by atoms with E-state index in [4.69, 9.17) is 9.26 Å². The van der Waals surface area contributed by atoms with Crippen LogP contribution in [0.4, 0.5) is 4.39 Å². The smallest absolute Gasteiger partial charge is 0.266 e. The number of halogens is 1. The minimum Gasteiger partial charge on any atom is -0.497 e.